The van der Waals surface area contributed by atoms with Gasteiger partial charge in [-0.15, -0.1) is 10.2 Å². The van der Waals surface area contributed by atoms with Crippen molar-refractivity contribution in [2.45, 2.75) is 43.3 Å². The fourth-order valence-electron chi connectivity index (χ4n) is 3.51. The Morgan fingerprint density at radius 2 is 2.15 bits per heavy atom. The van der Waals surface area contributed by atoms with E-state index in [2.05, 4.69) is 15.1 Å². The first-order valence-corrected chi connectivity index (χ1v) is 8.16. The zero-order valence-electron chi connectivity index (χ0n) is 11.7. The molecule has 3 rings (SSSR count). The highest BCUT2D eigenvalue weighted by Gasteiger charge is 2.37. The molecule has 2 fully saturated rings. The Bertz CT molecular complexity index is 505. The minimum Gasteiger partial charge on any atom is -0.481 e. The number of hydrogen-bond donors (Lipinski definition) is 1. The monoisotopic (exact) mass is 296 g/mol. The summed E-state index contributed by atoms with van der Waals surface area (Å²) in [7, 11) is 1.93. The smallest absolute Gasteiger partial charge is 0.313 e. The van der Waals surface area contributed by atoms with E-state index in [1.165, 1.54) is 43.9 Å². The minimum atomic E-state index is -0.826. The van der Waals surface area contributed by atoms with Gasteiger partial charge in [0.2, 0.25) is 5.95 Å². The SMILES string of the molecule is Cn1c(SCC(=O)O)nnc1N1CCCC2CCCC21. The fraction of sp³-hybridized carbons (Fsp3) is 0.769. The van der Waals surface area contributed by atoms with Crippen molar-refractivity contribution in [2.75, 3.05) is 17.2 Å². The largest absolute Gasteiger partial charge is 0.481 e. The average molecular weight is 296 g/mol. The first-order valence-electron chi connectivity index (χ1n) is 7.17. The predicted octanol–water partition coefficient (Wildman–Crippen LogP) is 1.76. The number of hydrogen-bond acceptors (Lipinski definition) is 5. The first-order chi connectivity index (χ1) is 9.66. The van der Waals surface area contributed by atoms with Crippen LogP contribution in [0.2, 0.25) is 0 Å². The molecular formula is C13H20N4O2S. The van der Waals surface area contributed by atoms with Crippen molar-refractivity contribution in [3.05, 3.63) is 0 Å². The van der Waals surface area contributed by atoms with E-state index in [1.807, 2.05) is 11.6 Å². The molecule has 0 spiro atoms. The molecule has 0 amide bonds. The second kappa shape index (κ2) is 5.63. The van der Waals surface area contributed by atoms with Gasteiger partial charge in [-0.25, -0.2) is 0 Å². The fourth-order valence-corrected chi connectivity index (χ4v) is 4.14. The quantitative estimate of drug-likeness (QED) is 0.854. The summed E-state index contributed by atoms with van der Waals surface area (Å²) < 4.78 is 1.94. The van der Waals surface area contributed by atoms with E-state index in [4.69, 9.17) is 5.11 Å². The van der Waals surface area contributed by atoms with Gasteiger partial charge in [-0.05, 0) is 31.6 Å². The third kappa shape index (κ3) is 2.51. The first kappa shape index (κ1) is 13.7. The number of thioether (sulfide) groups is 1. The molecule has 110 valence electrons. The number of aromatic nitrogens is 3. The standard InChI is InChI=1S/C13H20N4O2S/c1-16-12(14-15-13(16)20-8-11(18)19)17-7-3-5-9-4-2-6-10(9)17/h9-10H,2-8H2,1H3,(H,18,19). The van der Waals surface area contributed by atoms with Crippen LogP contribution in [0.3, 0.4) is 0 Å². The number of fused-ring (bicyclic) bond motifs is 1. The lowest BCUT2D eigenvalue weighted by Crippen LogP contribution is -2.43. The molecule has 2 atom stereocenters. The van der Waals surface area contributed by atoms with Gasteiger partial charge in [0.25, 0.3) is 0 Å². The van der Waals surface area contributed by atoms with Gasteiger partial charge >= 0.3 is 5.97 Å². The van der Waals surface area contributed by atoms with Gasteiger partial charge in [-0.1, -0.05) is 18.2 Å². The van der Waals surface area contributed by atoms with Crippen LogP contribution in [0.15, 0.2) is 5.16 Å². The van der Waals surface area contributed by atoms with E-state index in [0.29, 0.717) is 11.2 Å². The van der Waals surface area contributed by atoms with Crippen LogP contribution in [0.5, 0.6) is 0 Å². The normalized spacial score (nSPS) is 25.8. The van der Waals surface area contributed by atoms with Crippen LogP contribution < -0.4 is 4.90 Å². The predicted molar refractivity (Wildman–Crippen MR) is 77.1 cm³/mol. The van der Waals surface area contributed by atoms with Crippen LogP contribution >= 0.6 is 11.8 Å². The zero-order chi connectivity index (χ0) is 14.1. The van der Waals surface area contributed by atoms with Crippen LogP contribution in [-0.4, -0.2) is 44.2 Å². The van der Waals surface area contributed by atoms with Gasteiger partial charge in [0, 0.05) is 19.6 Å². The lowest BCUT2D eigenvalue weighted by molar-refractivity contribution is -0.133. The maximum Gasteiger partial charge on any atom is 0.313 e. The van der Waals surface area contributed by atoms with Crippen molar-refractivity contribution in [1.29, 1.82) is 0 Å². The Morgan fingerprint density at radius 1 is 1.35 bits per heavy atom. The Balaban J connectivity index is 1.78. The van der Waals surface area contributed by atoms with Gasteiger partial charge in [0.1, 0.15) is 0 Å². The van der Waals surface area contributed by atoms with E-state index in [1.54, 1.807) is 0 Å². The van der Waals surface area contributed by atoms with Gasteiger partial charge in [0.15, 0.2) is 5.16 Å². The number of nitrogens with zero attached hydrogens (tertiary/aromatic N) is 4. The lowest BCUT2D eigenvalue weighted by Gasteiger charge is -2.38. The van der Waals surface area contributed by atoms with Crippen molar-refractivity contribution in [2.24, 2.45) is 13.0 Å². The molecule has 2 unspecified atom stereocenters. The Kier molecular flexibility index (Phi) is 3.87. The number of carbonyl (C=O) groups is 1. The highest BCUT2D eigenvalue weighted by atomic mass is 32.2. The van der Waals surface area contributed by atoms with E-state index >= 15 is 0 Å². The lowest BCUT2D eigenvalue weighted by atomic mass is 9.92. The van der Waals surface area contributed by atoms with Gasteiger partial charge in [-0.2, -0.15) is 0 Å². The van der Waals surface area contributed by atoms with Gasteiger partial charge in [0.05, 0.1) is 5.75 Å². The maximum atomic E-state index is 10.7. The molecule has 0 radical (unpaired) electrons. The Labute approximate surface area is 122 Å². The number of carboxylic acids is 1. The third-order valence-electron chi connectivity index (χ3n) is 4.39. The molecule has 1 N–H and O–H groups in total. The number of piperidine rings is 1. The van der Waals surface area contributed by atoms with Crippen molar-refractivity contribution in [3.8, 4) is 0 Å². The molecule has 2 aliphatic rings. The number of anilines is 1. The van der Waals surface area contributed by atoms with Crippen molar-refractivity contribution in [3.63, 3.8) is 0 Å². The summed E-state index contributed by atoms with van der Waals surface area (Å²) in [6.45, 7) is 1.04. The molecule has 0 bridgehead atoms. The molecule has 1 saturated carbocycles. The molecule has 0 aromatic carbocycles. The topological polar surface area (TPSA) is 71.2 Å². The summed E-state index contributed by atoms with van der Waals surface area (Å²) in [5.74, 6) is 0.899. The number of aliphatic carboxylic acids is 1. The second-order valence-electron chi connectivity index (χ2n) is 5.62. The van der Waals surface area contributed by atoms with Crippen LogP contribution in [0, 0.1) is 5.92 Å². The molecule has 1 aliphatic heterocycles. The van der Waals surface area contributed by atoms with E-state index < -0.39 is 5.97 Å². The molecule has 1 aromatic rings. The molecule has 1 aromatic heterocycles. The van der Waals surface area contributed by atoms with Crippen molar-refractivity contribution >= 4 is 23.7 Å². The third-order valence-corrected chi connectivity index (χ3v) is 5.39. The van der Waals surface area contributed by atoms with Crippen LogP contribution in [0.4, 0.5) is 5.95 Å². The summed E-state index contributed by atoms with van der Waals surface area (Å²) in [6.07, 6.45) is 6.43. The second-order valence-corrected chi connectivity index (χ2v) is 6.56. The Hall–Kier alpha value is -1.24. The van der Waals surface area contributed by atoms with Crippen LogP contribution in [0.25, 0.3) is 0 Å². The van der Waals surface area contributed by atoms with Crippen molar-refractivity contribution in [1.82, 2.24) is 14.8 Å². The highest BCUT2D eigenvalue weighted by Crippen LogP contribution is 2.38. The summed E-state index contributed by atoms with van der Waals surface area (Å²) in [5.41, 5.74) is 0. The maximum absolute atomic E-state index is 10.7. The van der Waals surface area contributed by atoms with E-state index in [0.717, 1.165) is 18.4 Å². The van der Waals surface area contributed by atoms with Crippen LogP contribution in [-0.2, 0) is 11.8 Å². The van der Waals surface area contributed by atoms with E-state index in [-0.39, 0.29) is 5.75 Å². The molecule has 1 saturated heterocycles. The summed E-state index contributed by atoms with van der Waals surface area (Å²) in [5, 5.41) is 17.9. The molecule has 1 aliphatic carbocycles. The molecule has 7 heteroatoms. The van der Waals surface area contributed by atoms with Crippen LogP contribution in [0.1, 0.15) is 32.1 Å². The number of carboxylic acid groups (broad SMARTS) is 1. The molecule has 20 heavy (non-hydrogen) atoms. The summed E-state index contributed by atoms with van der Waals surface area (Å²) >= 11 is 1.23. The van der Waals surface area contributed by atoms with Gasteiger partial charge in [-0.3, -0.25) is 9.36 Å². The molecular weight excluding hydrogens is 276 g/mol. The molecule has 2 heterocycles. The summed E-state index contributed by atoms with van der Waals surface area (Å²) in [4.78, 5) is 13.0. The van der Waals surface area contributed by atoms with Gasteiger partial charge < -0.3 is 10.0 Å². The molecule has 6 nitrogen and oxygen atoms in total. The van der Waals surface area contributed by atoms with E-state index in [9.17, 15) is 4.79 Å². The van der Waals surface area contributed by atoms with Crippen molar-refractivity contribution < 1.29 is 9.90 Å². The number of rotatable bonds is 4. The average Bonchev–Trinajstić information content (AvgIpc) is 3.02. The summed E-state index contributed by atoms with van der Waals surface area (Å²) in [6, 6.07) is 0.601. The minimum absolute atomic E-state index is 0.0258. The highest BCUT2D eigenvalue weighted by molar-refractivity contribution is 7.99. The zero-order valence-corrected chi connectivity index (χ0v) is 12.5. The Morgan fingerprint density at radius 3 is 2.95 bits per heavy atom.